The van der Waals surface area contributed by atoms with Crippen molar-refractivity contribution in [1.82, 2.24) is 4.57 Å². The molecule has 36 heavy (non-hydrogen) atoms. The molecule has 1 atom stereocenters. The summed E-state index contributed by atoms with van der Waals surface area (Å²) < 4.78 is 17.2. The summed E-state index contributed by atoms with van der Waals surface area (Å²) in [5.41, 5.74) is -1.36. The highest BCUT2D eigenvalue weighted by atomic mass is 35.5. The van der Waals surface area contributed by atoms with Gasteiger partial charge in [-0.05, 0) is 71.4 Å². The lowest BCUT2D eigenvalue weighted by Gasteiger charge is -2.29. The Balaban J connectivity index is 2.18. The third-order valence-electron chi connectivity index (χ3n) is 4.87. The minimum Gasteiger partial charge on any atom is -0.467 e. The molecule has 11 heteroatoms. The van der Waals surface area contributed by atoms with Crippen molar-refractivity contribution in [3.63, 3.8) is 0 Å². The van der Waals surface area contributed by atoms with Crippen LogP contribution in [0.1, 0.15) is 47.6 Å². The number of carbonyl (C=O) groups is 3. The van der Waals surface area contributed by atoms with Crippen LogP contribution in [0.2, 0.25) is 5.02 Å². The number of imide groups is 1. The van der Waals surface area contributed by atoms with Crippen LogP contribution < -0.4 is 10.5 Å². The van der Waals surface area contributed by atoms with Crippen LogP contribution >= 0.6 is 23.4 Å². The molecule has 0 saturated heterocycles. The van der Waals surface area contributed by atoms with Gasteiger partial charge in [0.1, 0.15) is 17.2 Å². The zero-order chi connectivity index (χ0) is 27.0. The van der Waals surface area contributed by atoms with Crippen LogP contribution in [-0.4, -0.2) is 46.8 Å². The number of aromatic nitrogens is 1. The van der Waals surface area contributed by atoms with Crippen molar-refractivity contribution in [2.45, 2.75) is 63.8 Å². The number of halogens is 1. The first kappa shape index (κ1) is 27.6. The molecule has 2 amide bonds. The molecule has 0 spiro atoms. The largest absolute Gasteiger partial charge is 0.467 e. The van der Waals surface area contributed by atoms with Crippen molar-refractivity contribution in [3.8, 4) is 11.1 Å². The number of amides is 2. The van der Waals surface area contributed by atoms with Gasteiger partial charge in [-0.3, -0.25) is 9.36 Å². The zero-order valence-electron chi connectivity index (χ0n) is 21.2. The molecule has 0 radical (unpaired) electrons. The van der Waals surface area contributed by atoms with E-state index in [4.69, 9.17) is 25.8 Å². The summed E-state index contributed by atoms with van der Waals surface area (Å²) in [6.45, 7) is 10.1. The van der Waals surface area contributed by atoms with E-state index in [2.05, 4.69) is 0 Å². The number of carbonyl (C=O) groups excluding carboxylic acids is 3. The molecule has 1 aliphatic heterocycles. The molecule has 1 aromatic heterocycles. The number of rotatable bonds is 3. The average molecular weight is 537 g/mol. The van der Waals surface area contributed by atoms with Gasteiger partial charge < -0.3 is 14.2 Å². The van der Waals surface area contributed by atoms with Crippen LogP contribution in [-0.2, 0) is 19.0 Å². The average Bonchev–Trinajstić information content (AvgIpc) is 3.16. The second-order valence-electron chi connectivity index (χ2n) is 10.1. The van der Waals surface area contributed by atoms with Gasteiger partial charge in [0.2, 0.25) is 0 Å². The van der Waals surface area contributed by atoms with Crippen molar-refractivity contribution in [3.05, 3.63) is 45.7 Å². The maximum absolute atomic E-state index is 13.2. The Hall–Kier alpha value is -2.98. The van der Waals surface area contributed by atoms with Gasteiger partial charge in [-0.1, -0.05) is 11.6 Å². The molecule has 0 fully saturated rings. The number of hydrogen-bond acceptors (Lipinski definition) is 8. The van der Waals surface area contributed by atoms with E-state index in [0.717, 1.165) is 4.90 Å². The molecule has 0 aliphatic carbocycles. The summed E-state index contributed by atoms with van der Waals surface area (Å²) in [4.78, 5) is 52.4. The molecule has 1 aromatic carbocycles. The Bertz CT molecular complexity index is 1230. The monoisotopic (exact) mass is 536 g/mol. The first-order chi connectivity index (χ1) is 16.6. The summed E-state index contributed by atoms with van der Waals surface area (Å²) >= 11 is 7.61. The van der Waals surface area contributed by atoms with Gasteiger partial charge in [-0.25, -0.2) is 14.4 Å². The van der Waals surface area contributed by atoms with E-state index in [1.54, 1.807) is 53.7 Å². The summed E-state index contributed by atoms with van der Waals surface area (Å²) in [5.74, 6) is -0.170. The quantitative estimate of drug-likeness (QED) is 0.365. The third kappa shape index (κ3) is 6.22. The number of hydrogen-bond donors (Lipinski definition) is 0. The Morgan fingerprint density at radius 2 is 1.58 bits per heavy atom. The Kier molecular flexibility index (Phi) is 7.80. The van der Waals surface area contributed by atoms with Crippen molar-refractivity contribution in [2.75, 3.05) is 17.8 Å². The van der Waals surface area contributed by atoms with Gasteiger partial charge in [-0.15, -0.1) is 11.8 Å². The molecular weight excluding hydrogens is 508 g/mol. The van der Waals surface area contributed by atoms with E-state index >= 15 is 0 Å². The minimum absolute atomic E-state index is 0.125. The lowest BCUT2D eigenvalue weighted by molar-refractivity contribution is -0.143. The van der Waals surface area contributed by atoms with Crippen LogP contribution in [0.4, 0.5) is 15.3 Å². The Morgan fingerprint density at radius 1 is 1.00 bits per heavy atom. The fourth-order valence-electron chi connectivity index (χ4n) is 3.50. The van der Waals surface area contributed by atoms with Crippen LogP contribution in [0, 0.1) is 0 Å². The fraction of sp³-hybridized carbons (Fsp3) is 0.440. The highest BCUT2D eigenvalue weighted by molar-refractivity contribution is 7.99. The predicted molar refractivity (Wildman–Crippen MR) is 138 cm³/mol. The van der Waals surface area contributed by atoms with Gasteiger partial charge >= 0.3 is 18.2 Å². The van der Waals surface area contributed by atoms with Crippen molar-refractivity contribution < 1.29 is 28.6 Å². The van der Waals surface area contributed by atoms with Gasteiger partial charge in [-0.2, -0.15) is 4.90 Å². The number of pyridine rings is 1. The molecule has 2 heterocycles. The summed E-state index contributed by atoms with van der Waals surface area (Å²) in [5, 5.41) is 0.864. The van der Waals surface area contributed by atoms with Gasteiger partial charge in [0.25, 0.3) is 5.56 Å². The SMILES string of the molecule is COC(=O)[C@@H]1CSc2cc(-c3cc(Cl)ccc3N(C(=O)OC(C)(C)C)C(=O)OC(C)(C)C)cc(=O)n21. The Morgan fingerprint density at radius 3 is 2.11 bits per heavy atom. The lowest BCUT2D eigenvalue weighted by Crippen LogP contribution is -2.44. The topological polar surface area (TPSA) is 104 Å². The van der Waals surface area contributed by atoms with Gasteiger partial charge in [0.05, 0.1) is 17.8 Å². The van der Waals surface area contributed by atoms with Crippen molar-refractivity contribution in [1.29, 1.82) is 0 Å². The summed E-state index contributed by atoms with van der Waals surface area (Å²) in [6.07, 6.45) is -1.89. The Labute approximate surface area is 218 Å². The smallest absolute Gasteiger partial charge is 0.424 e. The maximum atomic E-state index is 13.2. The highest BCUT2D eigenvalue weighted by Crippen LogP contribution is 2.39. The minimum atomic E-state index is -0.946. The third-order valence-corrected chi connectivity index (χ3v) is 6.20. The predicted octanol–water partition coefficient (Wildman–Crippen LogP) is 5.67. The number of anilines is 1. The maximum Gasteiger partial charge on any atom is 0.424 e. The van der Waals surface area contributed by atoms with Gasteiger partial charge in [0.15, 0.2) is 0 Å². The van der Waals surface area contributed by atoms with Crippen molar-refractivity contribution >= 4 is 47.2 Å². The van der Waals surface area contributed by atoms with Crippen LogP contribution in [0.3, 0.4) is 0 Å². The number of nitrogens with zero attached hydrogens (tertiary/aromatic N) is 2. The highest BCUT2D eigenvalue weighted by Gasteiger charge is 2.35. The number of benzene rings is 1. The number of methoxy groups -OCH3 is 1. The van der Waals surface area contributed by atoms with Crippen LogP contribution in [0.25, 0.3) is 11.1 Å². The number of fused-ring (bicyclic) bond motifs is 1. The number of esters is 1. The van der Waals surface area contributed by atoms with Gasteiger partial charge in [0, 0.05) is 22.4 Å². The molecule has 0 unspecified atom stereocenters. The second-order valence-corrected chi connectivity index (χ2v) is 11.6. The van der Waals surface area contributed by atoms with Crippen LogP contribution in [0.5, 0.6) is 0 Å². The molecule has 0 bridgehead atoms. The standard InChI is InChI=1S/C25H29ClN2O7S/c1-24(2,3)34-22(31)28(23(32)35-25(4,5)6)17-9-8-15(26)12-16(17)14-10-19(29)27-18(21(30)33-7)13-36-20(27)11-14/h8-12,18H,13H2,1-7H3/t18-/m0/s1. The molecule has 3 rings (SSSR count). The number of thioether (sulfide) groups is 1. The molecule has 9 nitrogen and oxygen atoms in total. The molecule has 0 saturated carbocycles. The first-order valence-corrected chi connectivity index (χ1v) is 12.5. The summed E-state index contributed by atoms with van der Waals surface area (Å²) in [6, 6.07) is 6.83. The van der Waals surface area contributed by atoms with Crippen molar-refractivity contribution in [2.24, 2.45) is 0 Å². The van der Waals surface area contributed by atoms with E-state index in [0.29, 0.717) is 26.9 Å². The zero-order valence-corrected chi connectivity index (χ0v) is 22.8. The number of ether oxygens (including phenoxy) is 3. The fourth-order valence-corrected chi connectivity index (χ4v) is 4.85. The molecule has 1 aliphatic rings. The molecule has 0 N–H and O–H groups in total. The van der Waals surface area contributed by atoms with E-state index in [-0.39, 0.29) is 5.69 Å². The molecular formula is C25H29ClN2O7S. The molecule has 2 aromatic rings. The van der Waals surface area contributed by atoms with E-state index in [9.17, 15) is 19.2 Å². The second kappa shape index (κ2) is 10.2. The first-order valence-electron chi connectivity index (χ1n) is 11.1. The van der Waals surface area contributed by atoms with E-state index < -0.39 is 41.0 Å². The molecule has 194 valence electrons. The summed E-state index contributed by atoms with van der Waals surface area (Å²) in [7, 11) is 1.27. The van der Waals surface area contributed by atoms with E-state index in [1.807, 2.05) is 0 Å². The normalized spacial score (nSPS) is 15.2. The lowest BCUT2D eigenvalue weighted by atomic mass is 10.0. The van der Waals surface area contributed by atoms with E-state index in [1.165, 1.54) is 41.6 Å². The van der Waals surface area contributed by atoms with Crippen LogP contribution in [0.15, 0.2) is 40.2 Å².